The van der Waals surface area contributed by atoms with Gasteiger partial charge >= 0.3 is 0 Å². The quantitative estimate of drug-likeness (QED) is 0.790. The lowest BCUT2D eigenvalue weighted by atomic mass is 10.1. The lowest BCUT2D eigenvalue weighted by molar-refractivity contribution is 0.301. The Kier molecular flexibility index (Phi) is 5.22. The van der Waals surface area contributed by atoms with E-state index >= 15 is 0 Å². The molecule has 0 bridgehead atoms. The van der Waals surface area contributed by atoms with Crippen molar-refractivity contribution in [1.82, 2.24) is 0 Å². The van der Waals surface area contributed by atoms with E-state index in [-0.39, 0.29) is 12.1 Å². The monoisotopic (exact) mass is 328 g/mol. The summed E-state index contributed by atoms with van der Waals surface area (Å²) in [6.45, 7) is 10.3. The molecule has 0 radical (unpaired) electrons. The lowest BCUT2D eigenvalue weighted by Crippen LogP contribution is -2.09. The van der Waals surface area contributed by atoms with Gasteiger partial charge in [-0.05, 0) is 42.9 Å². The first-order valence-corrected chi connectivity index (χ1v) is 9.03. The number of hydrogen-bond donors (Lipinski definition) is 0. The van der Waals surface area contributed by atoms with Crippen molar-refractivity contribution in [3.8, 4) is 0 Å². The maximum atomic E-state index is 5.81. The average molecular weight is 328 g/mol. The summed E-state index contributed by atoms with van der Waals surface area (Å²) in [5.41, 5.74) is 2.02. The number of aliphatic imine (C=N–C) groups is 2. The van der Waals surface area contributed by atoms with E-state index in [1.54, 1.807) is 0 Å². The van der Waals surface area contributed by atoms with E-state index in [9.17, 15) is 0 Å². The molecule has 0 saturated carbocycles. The molecule has 1 aromatic rings. The zero-order chi connectivity index (χ0) is 17.1. The highest BCUT2D eigenvalue weighted by Gasteiger charge is 2.24. The van der Waals surface area contributed by atoms with Gasteiger partial charge in [-0.15, -0.1) is 0 Å². The molecule has 0 N–H and O–H groups in total. The standard InChI is InChI=1S/C20H28N2O2/c1-13(2)8-17-11-23-19(21-17)15-6-5-7-16(10-15)20-22-18(12-24-20)9-14(3)4/h5-7,10,13-14,17-18H,8-9,11-12H2,1-4H3/t17-,18-/m1/s1. The molecule has 0 spiro atoms. The summed E-state index contributed by atoms with van der Waals surface area (Å²) in [4.78, 5) is 9.47. The van der Waals surface area contributed by atoms with Crippen LogP contribution in [-0.2, 0) is 9.47 Å². The summed E-state index contributed by atoms with van der Waals surface area (Å²) in [5, 5.41) is 0. The first-order chi connectivity index (χ1) is 11.5. The SMILES string of the molecule is CC(C)C[C@@H]1COC(c2cccc(C3=N[C@H](CC(C)C)CO3)c2)=N1. The van der Waals surface area contributed by atoms with Crippen LogP contribution < -0.4 is 0 Å². The fourth-order valence-electron chi connectivity index (χ4n) is 3.26. The van der Waals surface area contributed by atoms with Gasteiger partial charge in [0.1, 0.15) is 13.2 Å². The maximum absolute atomic E-state index is 5.81. The van der Waals surface area contributed by atoms with Gasteiger partial charge in [0.15, 0.2) is 0 Å². The molecule has 0 aromatic heterocycles. The smallest absolute Gasteiger partial charge is 0.216 e. The van der Waals surface area contributed by atoms with Crippen LogP contribution in [0.4, 0.5) is 0 Å². The molecule has 24 heavy (non-hydrogen) atoms. The van der Waals surface area contributed by atoms with Crippen molar-refractivity contribution in [1.29, 1.82) is 0 Å². The summed E-state index contributed by atoms with van der Waals surface area (Å²) in [6.07, 6.45) is 2.13. The van der Waals surface area contributed by atoms with E-state index in [2.05, 4.69) is 33.8 Å². The van der Waals surface area contributed by atoms with Crippen LogP contribution >= 0.6 is 0 Å². The first-order valence-electron chi connectivity index (χ1n) is 9.03. The Morgan fingerprint density at radius 3 is 1.75 bits per heavy atom. The molecule has 0 saturated heterocycles. The largest absolute Gasteiger partial charge is 0.475 e. The van der Waals surface area contributed by atoms with Gasteiger partial charge in [-0.1, -0.05) is 33.8 Å². The van der Waals surface area contributed by atoms with Crippen molar-refractivity contribution >= 4 is 11.8 Å². The molecule has 1 aromatic carbocycles. The fourth-order valence-corrected chi connectivity index (χ4v) is 3.26. The van der Waals surface area contributed by atoms with Crippen LogP contribution in [0.25, 0.3) is 0 Å². The van der Waals surface area contributed by atoms with Crippen molar-refractivity contribution in [2.24, 2.45) is 21.8 Å². The van der Waals surface area contributed by atoms with Crippen molar-refractivity contribution in [2.45, 2.75) is 52.6 Å². The normalized spacial score (nSPS) is 23.2. The van der Waals surface area contributed by atoms with E-state index in [0.29, 0.717) is 25.0 Å². The van der Waals surface area contributed by atoms with E-state index in [1.165, 1.54) is 0 Å². The molecule has 0 fully saturated rings. The van der Waals surface area contributed by atoms with Crippen LogP contribution in [0.3, 0.4) is 0 Å². The summed E-state index contributed by atoms with van der Waals surface area (Å²) in [5.74, 6) is 2.76. The van der Waals surface area contributed by atoms with E-state index < -0.39 is 0 Å². The highest BCUT2D eigenvalue weighted by atomic mass is 16.5. The Labute approximate surface area is 145 Å². The molecule has 2 aliphatic heterocycles. The zero-order valence-electron chi connectivity index (χ0n) is 15.2. The van der Waals surface area contributed by atoms with Crippen LogP contribution in [0.15, 0.2) is 34.3 Å². The molecule has 3 rings (SSSR count). The summed E-state index contributed by atoms with van der Waals surface area (Å²) < 4.78 is 11.6. The number of nitrogens with zero attached hydrogens (tertiary/aromatic N) is 2. The minimum absolute atomic E-state index is 0.277. The van der Waals surface area contributed by atoms with Gasteiger partial charge in [-0.2, -0.15) is 0 Å². The Balaban J connectivity index is 1.74. The van der Waals surface area contributed by atoms with Crippen molar-refractivity contribution < 1.29 is 9.47 Å². The molecular formula is C20H28N2O2. The Morgan fingerprint density at radius 1 is 0.875 bits per heavy atom. The highest BCUT2D eigenvalue weighted by molar-refractivity contribution is 6.00. The molecule has 0 unspecified atom stereocenters. The average Bonchev–Trinajstić information content (AvgIpc) is 3.16. The van der Waals surface area contributed by atoms with Crippen LogP contribution in [-0.4, -0.2) is 37.1 Å². The summed E-state index contributed by atoms with van der Waals surface area (Å²) >= 11 is 0. The Morgan fingerprint density at radius 2 is 1.33 bits per heavy atom. The van der Waals surface area contributed by atoms with Gasteiger partial charge in [-0.3, -0.25) is 0 Å². The maximum Gasteiger partial charge on any atom is 0.216 e. The van der Waals surface area contributed by atoms with Gasteiger partial charge in [0, 0.05) is 11.1 Å². The third kappa shape index (κ3) is 4.16. The third-order valence-corrected chi connectivity index (χ3v) is 4.27. The molecule has 2 heterocycles. The summed E-state index contributed by atoms with van der Waals surface area (Å²) in [7, 11) is 0. The second-order valence-corrected chi connectivity index (χ2v) is 7.64. The number of hydrogen-bond acceptors (Lipinski definition) is 4. The molecule has 4 heteroatoms. The Hall–Kier alpha value is -1.84. The molecule has 2 aliphatic rings. The second kappa shape index (κ2) is 7.37. The topological polar surface area (TPSA) is 43.2 Å². The molecule has 4 nitrogen and oxygen atoms in total. The Bertz CT molecular complexity index is 583. The highest BCUT2D eigenvalue weighted by Crippen LogP contribution is 2.21. The van der Waals surface area contributed by atoms with Crippen molar-refractivity contribution in [3.05, 3.63) is 35.4 Å². The summed E-state index contributed by atoms with van der Waals surface area (Å²) in [6, 6.07) is 8.74. The van der Waals surface area contributed by atoms with Gasteiger partial charge in [-0.25, -0.2) is 9.98 Å². The first kappa shape index (κ1) is 17.0. The number of benzene rings is 1. The van der Waals surface area contributed by atoms with Crippen LogP contribution in [0, 0.1) is 11.8 Å². The number of rotatable bonds is 6. The third-order valence-electron chi connectivity index (χ3n) is 4.27. The van der Waals surface area contributed by atoms with Crippen LogP contribution in [0.5, 0.6) is 0 Å². The van der Waals surface area contributed by atoms with Crippen molar-refractivity contribution in [3.63, 3.8) is 0 Å². The second-order valence-electron chi connectivity index (χ2n) is 7.64. The van der Waals surface area contributed by atoms with Gasteiger partial charge in [0.25, 0.3) is 0 Å². The minimum atomic E-state index is 0.277. The van der Waals surface area contributed by atoms with Gasteiger partial charge < -0.3 is 9.47 Å². The van der Waals surface area contributed by atoms with Gasteiger partial charge in [0.05, 0.1) is 12.1 Å². The molecule has 2 atom stereocenters. The van der Waals surface area contributed by atoms with E-state index in [1.807, 2.05) is 18.2 Å². The van der Waals surface area contributed by atoms with Crippen molar-refractivity contribution in [2.75, 3.05) is 13.2 Å². The van der Waals surface area contributed by atoms with Gasteiger partial charge in [0.2, 0.25) is 11.8 Å². The predicted molar refractivity (Wildman–Crippen MR) is 97.9 cm³/mol. The fraction of sp³-hybridized carbons (Fsp3) is 0.600. The zero-order valence-corrected chi connectivity index (χ0v) is 15.2. The van der Waals surface area contributed by atoms with E-state index in [0.717, 1.165) is 35.8 Å². The predicted octanol–water partition coefficient (Wildman–Crippen LogP) is 4.07. The van der Waals surface area contributed by atoms with E-state index in [4.69, 9.17) is 19.5 Å². The molecule has 130 valence electrons. The van der Waals surface area contributed by atoms with Crippen LogP contribution in [0.2, 0.25) is 0 Å². The van der Waals surface area contributed by atoms with Crippen LogP contribution in [0.1, 0.15) is 51.7 Å². The minimum Gasteiger partial charge on any atom is -0.475 e. The molecule has 0 amide bonds. The molecular weight excluding hydrogens is 300 g/mol. The molecule has 0 aliphatic carbocycles. The number of ether oxygens (including phenoxy) is 2. The lowest BCUT2D eigenvalue weighted by Gasteiger charge is -2.06.